The van der Waals surface area contributed by atoms with Crippen LogP contribution in [0.25, 0.3) is 16.2 Å². The number of nitrogens with two attached hydrogens (primary N) is 1. The van der Waals surface area contributed by atoms with Gasteiger partial charge in [-0.1, -0.05) is 25.0 Å². The zero-order valence-corrected chi connectivity index (χ0v) is 13.5. The summed E-state index contributed by atoms with van der Waals surface area (Å²) < 4.78 is 2.01. The number of aromatic nitrogens is 2. The molecule has 0 spiro atoms. The fourth-order valence-corrected chi connectivity index (χ4v) is 3.78. The lowest BCUT2D eigenvalue weighted by Gasteiger charge is -2.22. The second-order valence-corrected chi connectivity index (χ2v) is 6.99. The van der Waals surface area contributed by atoms with Crippen molar-refractivity contribution in [1.82, 2.24) is 9.38 Å². The molecule has 2 heterocycles. The van der Waals surface area contributed by atoms with E-state index in [-0.39, 0.29) is 5.91 Å². The summed E-state index contributed by atoms with van der Waals surface area (Å²) in [5.41, 5.74) is 8.21. The number of imidazole rings is 1. The van der Waals surface area contributed by atoms with Gasteiger partial charge in [0.15, 0.2) is 4.96 Å². The standard InChI is InChI=1S/C17H18N4OS/c18-17(7-1-2-8-17)15(22)19-13-5-3-12(4-6-13)14-11-21-9-10-23-16(21)20-14/h3-6,9-11H,1-2,7-8,18H2,(H,19,22). The van der Waals surface area contributed by atoms with E-state index < -0.39 is 5.54 Å². The molecule has 5 nitrogen and oxygen atoms in total. The van der Waals surface area contributed by atoms with Crippen molar-refractivity contribution in [1.29, 1.82) is 0 Å². The molecular weight excluding hydrogens is 308 g/mol. The Kier molecular flexibility index (Phi) is 3.43. The molecule has 1 aliphatic carbocycles. The van der Waals surface area contributed by atoms with E-state index in [1.54, 1.807) is 11.3 Å². The Morgan fingerprint density at radius 2 is 2.00 bits per heavy atom. The van der Waals surface area contributed by atoms with Gasteiger partial charge in [-0.25, -0.2) is 4.98 Å². The molecule has 23 heavy (non-hydrogen) atoms. The third-order valence-corrected chi connectivity index (χ3v) is 5.25. The molecule has 0 bridgehead atoms. The van der Waals surface area contributed by atoms with Gasteiger partial charge in [0.1, 0.15) is 0 Å². The largest absolute Gasteiger partial charge is 0.324 e. The summed E-state index contributed by atoms with van der Waals surface area (Å²) >= 11 is 1.61. The van der Waals surface area contributed by atoms with Gasteiger partial charge in [0.25, 0.3) is 0 Å². The number of thiazole rings is 1. The second kappa shape index (κ2) is 5.47. The quantitative estimate of drug-likeness (QED) is 0.776. The number of anilines is 1. The van der Waals surface area contributed by atoms with Gasteiger partial charge in [-0.05, 0) is 25.0 Å². The zero-order chi connectivity index (χ0) is 15.9. The molecule has 1 saturated carbocycles. The highest BCUT2D eigenvalue weighted by Crippen LogP contribution is 2.29. The first-order chi connectivity index (χ1) is 11.1. The lowest BCUT2D eigenvalue weighted by atomic mass is 9.98. The monoisotopic (exact) mass is 326 g/mol. The minimum Gasteiger partial charge on any atom is -0.324 e. The fourth-order valence-electron chi connectivity index (χ4n) is 3.08. The molecule has 1 aromatic carbocycles. The van der Waals surface area contributed by atoms with E-state index in [1.165, 1.54) is 0 Å². The molecule has 0 radical (unpaired) electrons. The van der Waals surface area contributed by atoms with Crippen molar-refractivity contribution in [3.63, 3.8) is 0 Å². The van der Waals surface area contributed by atoms with Gasteiger partial charge in [0.05, 0.1) is 11.2 Å². The highest BCUT2D eigenvalue weighted by Gasteiger charge is 2.36. The maximum atomic E-state index is 12.3. The van der Waals surface area contributed by atoms with Crippen molar-refractivity contribution in [3.8, 4) is 11.3 Å². The maximum absolute atomic E-state index is 12.3. The molecule has 0 atom stereocenters. The Balaban J connectivity index is 1.51. The van der Waals surface area contributed by atoms with Crippen molar-refractivity contribution >= 4 is 27.9 Å². The maximum Gasteiger partial charge on any atom is 0.244 e. The number of rotatable bonds is 3. The summed E-state index contributed by atoms with van der Waals surface area (Å²) in [4.78, 5) is 17.9. The fraction of sp³-hybridized carbons (Fsp3) is 0.294. The van der Waals surface area contributed by atoms with Gasteiger partial charge in [-0.2, -0.15) is 0 Å². The van der Waals surface area contributed by atoms with Crippen LogP contribution in [0.3, 0.4) is 0 Å². The molecule has 0 aliphatic heterocycles. The number of nitrogens with one attached hydrogen (secondary N) is 1. The van der Waals surface area contributed by atoms with Crippen molar-refractivity contribution in [2.24, 2.45) is 5.73 Å². The highest BCUT2D eigenvalue weighted by molar-refractivity contribution is 7.15. The number of hydrogen-bond acceptors (Lipinski definition) is 4. The van der Waals surface area contributed by atoms with Gasteiger partial charge < -0.3 is 11.1 Å². The predicted octanol–water partition coefficient (Wildman–Crippen LogP) is 3.27. The zero-order valence-electron chi connectivity index (χ0n) is 12.7. The van der Waals surface area contributed by atoms with Crippen LogP contribution in [-0.4, -0.2) is 20.8 Å². The van der Waals surface area contributed by atoms with Gasteiger partial charge in [0, 0.05) is 29.0 Å². The number of carbonyl (C=O) groups excluding carboxylic acids is 1. The average molecular weight is 326 g/mol. The molecule has 3 aromatic rings. The molecule has 3 N–H and O–H groups in total. The van der Waals surface area contributed by atoms with E-state index in [4.69, 9.17) is 5.73 Å². The Hall–Kier alpha value is -2.18. The normalized spacial score (nSPS) is 16.7. The van der Waals surface area contributed by atoms with Crippen molar-refractivity contribution < 1.29 is 4.79 Å². The number of carbonyl (C=O) groups is 1. The van der Waals surface area contributed by atoms with Crippen molar-refractivity contribution in [2.75, 3.05) is 5.32 Å². The van der Waals surface area contributed by atoms with Gasteiger partial charge >= 0.3 is 0 Å². The third-order valence-electron chi connectivity index (χ3n) is 4.48. The molecular formula is C17H18N4OS. The Morgan fingerprint density at radius 1 is 1.26 bits per heavy atom. The van der Waals surface area contributed by atoms with E-state index in [0.717, 1.165) is 47.6 Å². The first-order valence-corrected chi connectivity index (χ1v) is 8.65. The topological polar surface area (TPSA) is 72.4 Å². The lowest BCUT2D eigenvalue weighted by Crippen LogP contribution is -2.48. The van der Waals surface area contributed by atoms with Crippen LogP contribution in [0.2, 0.25) is 0 Å². The third kappa shape index (κ3) is 2.64. The van der Waals surface area contributed by atoms with Gasteiger partial charge in [0.2, 0.25) is 5.91 Å². The summed E-state index contributed by atoms with van der Waals surface area (Å²) in [6.07, 6.45) is 7.59. The summed E-state index contributed by atoms with van der Waals surface area (Å²) in [6.45, 7) is 0. The SMILES string of the molecule is NC1(C(=O)Nc2ccc(-c3cn4ccsc4n3)cc2)CCCC1. The average Bonchev–Trinajstić information content (AvgIpc) is 3.24. The number of fused-ring (bicyclic) bond motifs is 1. The van der Waals surface area contributed by atoms with E-state index in [0.29, 0.717) is 0 Å². The number of nitrogens with zero attached hydrogens (tertiary/aromatic N) is 2. The minimum atomic E-state index is -0.701. The molecule has 0 unspecified atom stereocenters. The van der Waals surface area contributed by atoms with E-state index >= 15 is 0 Å². The number of benzene rings is 1. The van der Waals surface area contributed by atoms with Crippen LogP contribution in [0.1, 0.15) is 25.7 Å². The van der Waals surface area contributed by atoms with Crippen LogP contribution in [0.4, 0.5) is 5.69 Å². The van der Waals surface area contributed by atoms with E-state index in [2.05, 4.69) is 10.3 Å². The van der Waals surface area contributed by atoms with Crippen LogP contribution in [0.5, 0.6) is 0 Å². The minimum absolute atomic E-state index is 0.0785. The summed E-state index contributed by atoms with van der Waals surface area (Å²) in [5, 5.41) is 4.95. The second-order valence-electron chi connectivity index (χ2n) is 6.11. The van der Waals surface area contributed by atoms with Crippen LogP contribution >= 0.6 is 11.3 Å². The molecule has 118 valence electrons. The van der Waals surface area contributed by atoms with Crippen LogP contribution < -0.4 is 11.1 Å². The predicted molar refractivity (Wildman–Crippen MR) is 92.5 cm³/mol. The summed E-state index contributed by atoms with van der Waals surface area (Å²) in [7, 11) is 0. The van der Waals surface area contributed by atoms with Crippen LogP contribution in [0.15, 0.2) is 42.0 Å². The molecule has 1 aliphatic rings. The Labute approximate surface area is 138 Å². The number of amides is 1. The van der Waals surface area contributed by atoms with Crippen LogP contribution in [-0.2, 0) is 4.79 Å². The molecule has 0 saturated heterocycles. The molecule has 1 amide bonds. The van der Waals surface area contributed by atoms with Crippen molar-refractivity contribution in [3.05, 3.63) is 42.0 Å². The Bertz CT molecular complexity index is 814. The molecule has 2 aromatic heterocycles. The van der Waals surface area contributed by atoms with Gasteiger partial charge in [-0.15, -0.1) is 11.3 Å². The summed E-state index contributed by atoms with van der Waals surface area (Å²) in [6, 6.07) is 7.75. The van der Waals surface area contributed by atoms with E-state index in [9.17, 15) is 4.79 Å². The molecule has 4 rings (SSSR count). The Morgan fingerprint density at radius 3 is 2.70 bits per heavy atom. The first kappa shape index (κ1) is 14.4. The molecule has 6 heteroatoms. The lowest BCUT2D eigenvalue weighted by molar-refractivity contribution is -0.121. The van der Waals surface area contributed by atoms with Crippen molar-refractivity contribution in [2.45, 2.75) is 31.2 Å². The highest BCUT2D eigenvalue weighted by atomic mass is 32.1. The first-order valence-electron chi connectivity index (χ1n) is 7.77. The molecule has 1 fully saturated rings. The smallest absolute Gasteiger partial charge is 0.244 e. The van der Waals surface area contributed by atoms with Gasteiger partial charge in [-0.3, -0.25) is 9.20 Å². The van der Waals surface area contributed by atoms with Crippen LogP contribution in [0, 0.1) is 0 Å². The number of hydrogen-bond donors (Lipinski definition) is 2. The summed E-state index contributed by atoms with van der Waals surface area (Å²) in [5.74, 6) is -0.0785. The van der Waals surface area contributed by atoms with E-state index in [1.807, 2.05) is 46.4 Å².